The molecule has 2 N–H and O–H groups in total. The second kappa shape index (κ2) is 10.3. The number of fused-ring (bicyclic) bond motifs is 1. The summed E-state index contributed by atoms with van der Waals surface area (Å²) in [7, 11) is 1.59. The van der Waals surface area contributed by atoms with Gasteiger partial charge in [0.2, 0.25) is 11.8 Å². The molecule has 2 aliphatic heterocycles. The summed E-state index contributed by atoms with van der Waals surface area (Å²) in [5, 5.41) is 4.32. The van der Waals surface area contributed by atoms with E-state index in [0.29, 0.717) is 11.3 Å². The molecule has 0 saturated carbocycles. The summed E-state index contributed by atoms with van der Waals surface area (Å²) >= 11 is 1.41. The van der Waals surface area contributed by atoms with Gasteiger partial charge in [-0.15, -0.1) is 11.8 Å². The van der Waals surface area contributed by atoms with Gasteiger partial charge in [0.1, 0.15) is 23.8 Å². The SMILES string of the molecule is COc1ccc(COC(=O)C2C(c3ccc[nH]3)=CS[C@@H]3[C@H](NC(=O)Cc4ccccc4)C(=O)N23)cc1. The highest BCUT2D eigenvalue weighted by Crippen LogP contribution is 2.43. The van der Waals surface area contributed by atoms with E-state index in [-0.39, 0.29) is 24.8 Å². The first-order chi connectivity index (χ1) is 17.5. The van der Waals surface area contributed by atoms with E-state index in [1.165, 1.54) is 16.7 Å². The molecule has 0 spiro atoms. The third-order valence-electron chi connectivity index (χ3n) is 6.18. The number of methoxy groups -OCH3 is 1. The maximum atomic E-state index is 13.3. The molecule has 8 nitrogen and oxygen atoms in total. The van der Waals surface area contributed by atoms with E-state index in [2.05, 4.69) is 10.3 Å². The van der Waals surface area contributed by atoms with Gasteiger partial charge in [-0.05, 0) is 40.8 Å². The highest BCUT2D eigenvalue weighted by atomic mass is 32.2. The molecule has 0 bridgehead atoms. The maximum Gasteiger partial charge on any atom is 0.334 e. The lowest BCUT2D eigenvalue weighted by atomic mass is 9.96. The zero-order chi connectivity index (χ0) is 25.1. The molecule has 1 fully saturated rings. The fourth-order valence-corrected chi connectivity index (χ4v) is 5.56. The molecule has 1 saturated heterocycles. The van der Waals surface area contributed by atoms with Crippen molar-refractivity contribution in [1.29, 1.82) is 0 Å². The van der Waals surface area contributed by atoms with Crippen LogP contribution in [0.3, 0.4) is 0 Å². The highest BCUT2D eigenvalue weighted by molar-refractivity contribution is 8.03. The smallest absolute Gasteiger partial charge is 0.334 e. The van der Waals surface area contributed by atoms with Crippen LogP contribution in [-0.2, 0) is 32.1 Å². The number of amides is 2. The highest BCUT2D eigenvalue weighted by Gasteiger charge is 2.56. The lowest BCUT2D eigenvalue weighted by Gasteiger charge is -2.51. The molecular weight excluding hydrogens is 478 g/mol. The number of nitrogens with one attached hydrogen (secondary N) is 2. The maximum absolute atomic E-state index is 13.3. The molecule has 0 aliphatic carbocycles. The van der Waals surface area contributed by atoms with Crippen molar-refractivity contribution in [2.24, 2.45) is 0 Å². The number of aromatic nitrogens is 1. The first-order valence-corrected chi connectivity index (χ1v) is 12.4. The van der Waals surface area contributed by atoms with E-state index in [0.717, 1.165) is 16.8 Å². The molecule has 3 atom stereocenters. The number of aromatic amines is 1. The minimum absolute atomic E-state index is 0.0639. The number of carbonyl (C=O) groups is 3. The zero-order valence-corrected chi connectivity index (χ0v) is 20.4. The summed E-state index contributed by atoms with van der Waals surface area (Å²) in [5.74, 6) is -0.366. The Morgan fingerprint density at radius 2 is 1.81 bits per heavy atom. The topological polar surface area (TPSA) is 101 Å². The average Bonchev–Trinajstić information content (AvgIpc) is 3.45. The van der Waals surface area contributed by atoms with E-state index in [9.17, 15) is 14.4 Å². The standard InChI is InChI=1S/C27H25N3O5S/c1-34-19-11-9-18(10-12-19)15-35-27(33)24-20(21-8-5-13-28-21)16-36-26-23(25(32)30(24)26)29-22(31)14-17-6-3-2-4-7-17/h2-13,16,23-24,26,28H,14-15H2,1H3,(H,29,31)/t23-,24?,26-/m1/s1. The summed E-state index contributed by atoms with van der Waals surface area (Å²) in [6.07, 6.45) is 1.94. The fourth-order valence-electron chi connectivity index (χ4n) is 4.32. The van der Waals surface area contributed by atoms with Crippen LogP contribution in [0.4, 0.5) is 0 Å². The van der Waals surface area contributed by atoms with Gasteiger partial charge in [0.15, 0.2) is 6.04 Å². The summed E-state index contributed by atoms with van der Waals surface area (Å²) in [6.45, 7) is 0.0639. The lowest BCUT2D eigenvalue weighted by Crippen LogP contribution is -2.73. The predicted octanol–water partition coefficient (Wildman–Crippen LogP) is 3.12. The lowest BCUT2D eigenvalue weighted by molar-refractivity contribution is -0.162. The van der Waals surface area contributed by atoms with Crippen LogP contribution in [0.5, 0.6) is 5.75 Å². The van der Waals surface area contributed by atoms with Gasteiger partial charge in [-0.25, -0.2) is 4.79 Å². The number of rotatable bonds is 8. The van der Waals surface area contributed by atoms with E-state index in [1.807, 2.05) is 60.0 Å². The normalized spacial score (nSPS) is 20.6. The molecule has 1 aromatic heterocycles. The minimum Gasteiger partial charge on any atom is -0.497 e. The number of β-lactam (4-membered cyclic amide) rings is 1. The van der Waals surface area contributed by atoms with Gasteiger partial charge in [-0.3, -0.25) is 9.59 Å². The van der Waals surface area contributed by atoms with Crippen molar-refractivity contribution in [3.05, 3.63) is 95.2 Å². The van der Waals surface area contributed by atoms with Crippen LogP contribution in [0.1, 0.15) is 16.8 Å². The molecular formula is C27H25N3O5S. The van der Waals surface area contributed by atoms with Crippen LogP contribution >= 0.6 is 11.8 Å². The Hall–Kier alpha value is -3.98. The number of hydrogen-bond acceptors (Lipinski definition) is 6. The van der Waals surface area contributed by atoms with Crippen molar-refractivity contribution in [2.45, 2.75) is 30.5 Å². The molecule has 184 valence electrons. The van der Waals surface area contributed by atoms with E-state index >= 15 is 0 Å². The van der Waals surface area contributed by atoms with Crippen LogP contribution in [0.25, 0.3) is 5.57 Å². The molecule has 5 rings (SSSR count). The number of ether oxygens (including phenoxy) is 2. The average molecular weight is 504 g/mol. The van der Waals surface area contributed by atoms with Gasteiger partial charge < -0.3 is 24.7 Å². The summed E-state index contributed by atoms with van der Waals surface area (Å²) in [5.41, 5.74) is 3.06. The van der Waals surface area contributed by atoms with Gasteiger partial charge >= 0.3 is 5.97 Å². The number of thioether (sulfide) groups is 1. The number of nitrogens with zero attached hydrogens (tertiary/aromatic N) is 1. The number of esters is 1. The predicted molar refractivity (Wildman–Crippen MR) is 136 cm³/mol. The summed E-state index contributed by atoms with van der Waals surface area (Å²) in [4.78, 5) is 43.7. The Labute approximate surface area is 212 Å². The van der Waals surface area contributed by atoms with Crippen molar-refractivity contribution < 1.29 is 23.9 Å². The van der Waals surface area contributed by atoms with Crippen LogP contribution in [0, 0.1) is 0 Å². The van der Waals surface area contributed by atoms with Crippen molar-refractivity contribution >= 4 is 35.1 Å². The van der Waals surface area contributed by atoms with Crippen molar-refractivity contribution in [3.63, 3.8) is 0 Å². The Morgan fingerprint density at radius 1 is 1.03 bits per heavy atom. The van der Waals surface area contributed by atoms with E-state index < -0.39 is 23.4 Å². The van der Waals surface area contributed by atoms with Crippen LogP contribution in [0.15, 0.2) is 78.3 Å². The molecule has 1 unspecified atom stereocenters. The number of carbonyl (C=O) groups excluding carboxylic acids is 3. The monoisotopic (exact) mass is 503 g/mol. The molecule has 2 aromatic carbocycles. The molecule has 3 aromatic rings. The van der Waals surface area contributed by atoms with Gasteiger partial charge in [0.25, 0.3) is 0 Å². The molecule has 2 amide bonds. The Bertz CT molecular complexity index is 1270. The Kier molecular flexibility index (Phi) is 6.81. The summed E-state index contributed by atoms with van der Waals surface area (Å²) in [6, 6.07) is 18.6. The van der Waals surface area contributed by atoms with Crippen molar-refractivity contribution in [2.75, 3.05) is 7.11 Å². The molecule has 3 heterocycles. The molecule has 9 heteroatoms. The third kappa shape index (κ3) is 4.74. The van der Waals surface area contributed by atoms with Gasteiger partial charge in [0.05, 0.1) is 13.5 Å². The van der Waals surface area contributed by atoms with Crippen molar-refractivity contribution in [1.82, 2.24) is 15.2 Å². The first-order valence-electron chi connectivity index (χ1n) is 11.5. The van der Waals surface area contributed by atoms with Gasteiger partial charge in [0, 0.05) is 17.5 Å². The quantitative estimate of drug-likeness (QED) is 0.362. The zero-order valence-electron chi connectivity index (χ0n) is 19.5. The van der Waals surface area contributed by atoms with E-state index in [1.54, 1.807) is 25.4 Å². The Balaban J connectivity index is 1.30. The van der Waals surface area contributed by atoms with Gasteiger partial charge in [-0.2, -0.15) is 0 Å². The summed E-state index contributed by atoms with van der Waals surface area (Å²) < 4.78 is 10.8. The Morgan fingerprint density at radius 3 is 2.50 bits per heavy atom. The third-order valence-corrected chi connectivity index (χ3v) is 7.35. The number of benzene rings is 2. The van der Waals surface area contributed by atoms with Crippen LogP contribution in [-0.4, -0.2) is 52.2 Å². The minimum atomic E-state index is -0.914. The van der Waals surface area contributed by atoms with Crippen molar-refractivity contribution in [3.8, 4) is 5.75 Å². The molecule has 2 aliphatic rings. The number of hydrogen-bond donors (Lipinski definition) is 2. The molecule has 36 heavy (non-hydrogen) atoms. The largest absolute Gasteiger partial charge is 0.497 e. The van der Waals surface area contributed by atoms with Crippen LogP contribution < -0.4 is 10.1 Å². The first kappa shape index (κ1) is 23.7. The number of H-pyrrole nitrogens is 1. The van der Waals surface area contributed by atoms with Crippen LogP contribution in [0.2, 0.25) is 0 Å². The second-order valence-corrected chi connectivity index (χ2v) is 9.49. The fraction of sp³-hybridized carbons (Fsp3) is 0.222. The molecule has 0 radical (unpaired) electrons. The van der Waals surface area contributed by atoms with E-state index in [4.69, 9.17) is 9.47 Å². The second-order valence-electron chi connectivity index (χ2n) is 8.50. The van der Waals surface area contributed by atoms with Gasteiger partial charge in [-0.1, -0.05) is 42.5 Å².